The van der Waals surface area contributed by atoms with E-state index in [1.54, 1.807) is 24.5 Å². The van der Waals surface area contributed by atoms with E-state index in [0.29, 0.717) is 34.8 Å². The molecular weight excluding hydrogens is 364 g/mol. The molecule has 4 aromatic rings. The maximum atomic E-state index is 9.09. The van der Waals surface area contributed by atoms with Gasteiger partial charge in [-0.05, 0) is 36.2 Å². The Labute approximate surface area is 168 Å². The predicted octanol–water partition coefficient (Wildman–Crippen LogP) is 3.31. The summed E-state index contributed by atoms with van der Waals surface area (Å²) in [7, 11) is 0. The fraction of sp³-hybridized carbons (Fsp3) is 0.190. The summed E-state index contributed by atoms with van der Waals surface area (Å²) in [4.78, 5) is 17.4. The number of rotatable bonds is 3. The second kappa shape index (κ2) is 8.35. The van der Waals surface area contributed by atoms with Gasteiger partial charge in [0, 0.05) is 5.69 Å². The van der Waals surface area contributed by atoms with Crippen molar-refractivity contribution in [2.24, 2.45) is 0 Å². The van der Waals surface area contributed by atoms with E-state index < -0.39 is 0 Å². The number of imidazole rings is 1. The van der Waals surface area contributed by atoms with Gasteiger partial charge in [0.25, 0.3) is 0 Å². The third-order valence-corrected chi connectivity index (χ3v) is 4.27. The van der Waals surface area contributed by atoms with Crippen LogP contribution in [0.15, 0.2) is 42.7 Å². The van der Waals surface area contributed by atoms with E-state index in [-0.39, 0.29) is 5.95 Å². The molecule has 0 aliphatic carbocycles. The van der Waals surface area contributed by atoms with Gasteiger partial charge >= 0.3 is 0 Å². The first kappa shape index (κ1) is 19.8. The average Bonchev–Trinajstić information content (AvgIpc) is 3.14. The quantitative estimate of drug-likeness (QED) is 0.516. The lowest BCUT2D eigenvalue weighted by Crippen LogP contribution is -2.04. The molecule has 0 bridgehead atoms. The van der Waals surface area contributed by atoms with E-state index in [0.717, 1.165) is 16.8 Å². The van der Waals surface area contributed by atoms with Crippen molar-refractivity contribution < 1.29 is 0 Å². The Hall–Kier alpha value is -3.99. The molecule has 3 heterocycles. The van der Waals surface area contributed by atoms with E-state index in [2.05, 4.69) is 19.9 Å². The van der Waals surface area contributed by atoms with E-state index in [1.807, 2.05) is 49.6 Å². The van der Waals surface area contributed by atoms with Crippen LogP contribution in [0.5, 0.6) is 0 Å². The number of nitrogens with zero attached hydrogens (tertiary/aromatic N) is 6. The molecule has 1 aromatic carbocycles. The van der Waals surface area contributed by atoms with Gasteiger partial charge in [-0.25, -0.2) is 15.0 Å². The molecule has 8 nitrogen and oxygen atoms in total. The minimum Gasteiger partial charge on any atom is -0.399 e. The molecule has 0 unspecified atom stereocenters. The molecule has 8 heteroatoms. The van der Waals surface area contributed by atoms with Gasteiger partial charge in [-0.15, -0.1) is 0 Å². The Balaban J connectivity index is 0.00000117. The van der Waals surface area contributed by atoms with Crippen LogP contribution in [0.2, 0.25) is 0 Å². The van der Waals surface area contributed by atoms with Crippen molar-refractivity contribution in [3.8, 4) is 17.5 Å². The number of pyridine rings is 1. The van der Waals surface area contributed by atoms with Crippen molar-refractivity contribution in [1.29, 1.82) is 5.26 Å². The van der Waals surface area contributed by atoms with Crippen LogP contribution >= 0.6 is 0 Å². The van der Waals surface area contributed by atoms with Gasteiger partial charge in [-0.2, -0.15) is 10.2 Å². The third kappa shape index (κ3) is 3.99. The number of benzene rings is 1. The summed E-state index contributed by atoms with van der Waals surface area (Å²) in [6.07, 6.45) is 1.70. The number of nitriles is 1. The first-order valence-corrected chi connectivity index (χ1v) is 9.26. The number of aromatic nitrogens is 5. The van der Waals surface area contributed by atoms with Gasteiger partial charge in [-0.1, -0.05) is 32.0 Å². The molecule has 0 radical (unpaired) electrons. The summed E-state index contributed by atoms with van der Waals surface area (Å²) in [6, 6.07) is 13.1. The zero-order chi connectivity index (χ0) is 21.0. The van der Waals surface area contributed by atoms with Crippen LogP contribution in [0.25, 0.3) is 22.6 Å². The summed E-state index contributed by atoms with van der Waals surface area (Å²) >= 11 is 0. The fourth-order valence-corrected chi connectivity index (χ4v) is 2.92. The van der Waals surface area contributed by atoms with Crippen molar-refractivity contribution in [3.05, 3.63) is 59.5 Å². The number of nitrogens with two attached hydrogens (primary N) is 2. The van der Waals surface area contributed by atoms with Crippen molar-refractivity contribution >= 4 is 22.8 Å². The first-order chi connectivity index (χ1) is 14.0. The van der Waals surface area contributed by atoms with Crippen LogP contribution in [0.3, 0.4) is 0 Å². The summed E-state index contributed by atoms with van der Waals surface area (Å²) in [6.45, 7) is 6.54. The Bertz CT molecular complexity index is 1200. The molecule has 0 amide bonds. The van der Waals surface area contributed by atoms with Gasteiger partial charge in [0.15, 0.2) is 5.65 Å². The van der Waals surface area contributed by atoms with E-state index >= 15 is 0 Å². The number of fused-ring (bicyclic) bond motifs is 1. The molecule has 0 aliphatic rings. The number of aryl methyl sites for hydroxylation is 1. The first-order valence-electron chi connectivity index (χ1n) is 9.26. The Morgan fingerprint density at radius 3 is 2.59 bits per heavy atom. The molecule has 4 rings (SSSR count). The molecule has 29 heavy (non-hydrogen) atoms. The third-order valence-electron chi connectivity index (χ3n) is 4.27. The molecule has 0 saturated heterocycles. The molecule has 0 aliphatic heterocycles. The maximum absolute atomic E-state index is 9.09. The molecule has 0 atom stereocenters. The number of nitrogen functional groups attached to an aromatic ring is 2. The van der Waals surface area contributed by atoms with Crippen LogP contribution < -0.4 is 11.5 Å². The van der Waals surface area contributed by atoms with Crippen molar-refractivity contribution in [2.75, 3.05) is 11.5 Å². The van der Waals surface area contributed by atoms with Crippen LogP contribution in [0, 0.1) is 18.3 Å². The zero-order valence-corrected chi connectivity index (χ0v) is 16.6. The number of anilines is 2. The minimum absolute atomic E-state index is 0.122. The average molecular weight is 386 g/mol. The van der Waals surface area contributed by atoms with Gasteiger partial charge in [0.2, 0.25) is 5.95 Å². The molecular formula is C21H22N8. The SMILES string of the molecule is CC.Cc1cc(Cn2cnc3c(-c4cccc(C#N)n4)nc(N)nc32)ccc1N. The highest BCUT2D eigenvalue weighted by Crippen LogP contribution is 2.25. The molecule has 4 N–H and O–H groups in total. The summed E-state index contributed by atoms with van der Waals surface area (Å²) in [5.41, 5.74) is 17.2. The Morgan fingerprint density at radius 1 is 1.07 bits per heavy atom. The zero-order valence-electron chi connectivity index (χ0n) is 16.6. The largest absolute Gasteiger partial charge is 0.399 e. The topological polar surface area (TPSA) is 132 Å². The molecule has 0 saturated carbocycles. The molecule has 3 aromatic heterocycles. The maximum Gasteiger partial charge on any atom is 0.222 e. The molecule has 146 valence electrons. The standard InChI is InChI=1S/C19H16N8.C2H6/c1-11-7-12(5-6-14(11)21)9-27-10-23-17-16(25-19(22)26-18(17)27)15-4-2-3-13(8-20)24-15;1-2/h2-7,10H,9,21H2,1H3,(H2,22,25,26);1-2H3. The van der Waals surface area contributed by atoms with Crippen molar-refractivity contribution in [3.63, 3.8) is 0 Å². The fourth-order valence-electron chi connectivity index (χ4n) is 2.92. The lowest BCUT2D eigenvalue weighted by atomic mass is 10.1. The van der Waals surface area contributed by atoms with Crippen molar-refractivity contribution in [1.82, 2.24) is 24.5 Å². The lowest BCUT2D eigenvalue weighted by molar-refractivity contribution is 0.813. The summed E-state index contributed by atoms with van der Waals surface area (Å²) in [5.74, 6) is 0.122. The highest BCUT2D eigenvalue weighted by Gasteiger charge is 2.15. The monoisotopic (exact) mass is 386 g/mol. The second-order valence-electron chi connectivity index (χ2n) is 6.19. The smallest absolute Gasteiger partial charge is 0.222 e. The lowest BCUT2D eigenvalue weighted by Gasteiger charge is -2.08. The van der Waals surface area contributed by atoms with Crippen LogP contribution in [0.1, 0.15) is 30.7 Å². The highest BCUT2D eigenvalue weighted by molar-refractivity contribution is 5.87. The van der Waals surface area contributed by atoms with E-state index in [1.165, 1.54) is 0 Å². The summed E-state index contributed by atoms with van der Waals surface area (Å²) in [5, 5.41) is 9.09. The van der Waals surface area contributed by atoms with Crippen LogP contribution in [-0.2, 0) is 6.54 Å². The van der Waals surface area contributed by atoms with Gasteiger partial charge in [0.05, 0.1) is 18.6 Å². The normalized spacial score (nSPS) is 10.3. The van der Waals surface area contributed by atoms with E-state index in [4.69, 9.17) is 16.7 Å². The summed E-state index contributed by atoms with van der Waals surface area (Å²) < 4.78 is 1.90. The van der Waals surface area contributed by atoms with Gasteiger partial charge in [-0.3, -0.25) is 0 Å². The predicted molar refractivity (Wildman–Crippen MR) is 114 cm³/mol. The van der Waals surface area contributed by atoms with Gasteiger partial charge < -0.3 is 16.0 Å². The number of hydrogen-bond donors (Lipinski definition) is 2. The van der Waals surface area contributed by atoms with Gasteiger partial charge in [0.1, 0.15) is 23.0 Å². The highest BCUT2D eigenvalue weighted by atomic mass is 15.1. The number of hydrogen-bond acceptors (Lipinski definition) is 7. The van der Waals surface area contributed by atoms with Crippen molar-refractivity contribution in [2.45, 2.75) is 27.3 Å². The Kier molecular flexibility index (Phi) is 5.69. The van der Waals surface area contributed by atoms with Crippen LogP contribution in [0.4, 0.5) is 11.6 Å². The molecule has 0 spiro atoms. The molecule has 0 fully saturated rings. The Morgan fingerprint density at radius 2 is 1.86 bits per heavy atom. The second-order valence-corrected chi connectivity index (χ2v) is 6.19. The van der Waals surface area contributed by atoms with E-state index in [9.17, 15) is 0 Å². The van der Waals surface area contributed by atoms with Crippen LogP contribution in [-0.4, -0.2) is 24.5 Å². The minimum atomic E-state index is 0.122.